The summed E-state index contributed by atoms with van der Waals surface area (Å²) >= 11 is 0. The molecule has 0 saturated heterocycles. The number of hydrogen-bond acceptors (Lipinski definition) is 0. The zero-order valence-electron chi connectivity index (χ0n) is 15.3. The van der Waals surface area contributed by atoms with Crippen molar-refractivity contribution in [3.8, 4) is 0 Å². The van der Waals surface area contributed by atoms with E-state index in [2.05, 4.69) is 96.7 Å². The Kier molecular flexibility index (Phi) is 5.46. The van der Waals surface area contributed by atoms with Crippen LogP contribution in [0.15, 0.2) is 36.4 Å². The minimum atomic E-state index is -0.427. The van der Waals surface area contributed by atoms with Gasteiger partial charge in [0.1, 0.15) is 0 Å². The molecule has 3 rings (SSSR count). The van der Waals surface area contributed by atoms with Crippen molar-refractivity contribution in [2.45, 2.75) is 40.3 Å². The monoisotopic (exact) mass is 333 g/mol. The number of hydrogen-bond donors (Lipinski definition) is 0. The van der Waals surface area contributed by atoms with Crippen molar-refractivity contribution in [1.82, 2.24) is 0 Å². The van der Waals surface area contributed by atoms with E-state index < -0.39 is 7.92 Å². The van der Waals surface area contributed by atoms with Crippen LogP contribution >= 0.6 is 7.92 Å². The van der Waals surface area contributed by atoms with Crippen LogP contribution in [-0.2, 0) is 0 Å². The maximum Gasteiger partial charge on any atom is -0.00891 e. The first-order chi connectivity index (χ1) is 11.4. The maximum atomic E-state index is 2.39. The van der Waals surface area contributed by atoms with E-state index in [9.17, 15) is 0 Å². The van der Waals surface area contributed by atoms with E-state index in [0.717, 1.165) is 0 Å². The Morgan fingerprint density at radius 3 is 1.38 bits per heavy atom. The van der Waals surface area contributed by atoms with Crippen molar-refractivity contribution >= 4 is 18.5 Å². The molecule has 5 radical (unpaired) electrons. The van der Waals surface area contributed by atoms with Crippen LogP contribution < -0.4 is 10.6 Å². The summed E-state index contributed by atoms with van der Waals surface area (Å²) in [5, 5.41) is 2.97. The molecule has 0 unspecified atom stereocenters. The summed E-state index contributed by atoms with van der Waals surface area (Å²) in [6.45, 7) is 11.2. The average Bonchev–Trinajstić information content (AvgIpc) is 2.99. The molecule has 24 heavy (non-hydrogen) atoms. The minimum Gasteiger partial charge on any atom is -0.0573 e. The molecular weight excluding hydrogens is 307 g/mol. The highest BCUT2D eigenvalue weighted by atomic mass is 31.1. The first-order valence-electron chi connectivity index (χ1n) is 8.61. The van der Waals surface area contributed by atoms with Crippen molar-refractivity contribution in [3.63, 3.8) is 0 Å². The predicted molar refractivity (Wildman–Crippen MR) is 108 cm³/mol. The van der Waals surface area contributed by atoms with Gasteiger partial charge in [-0.05, 0) is 83.5 Å². The van der Waals surface area contributed by atoms with Crippen molar-refractivity contribution in [3.05, 3.63) is 90.3 Å². The number of rotatable bonds is 4. The van der Waals surface area contributed by atoms with Crippen LogP contribution in [0.4, 0.5) is 0 Å². The van der Waals surface area contributed by atoms with Gasteiger partial charge in [0.05, 0.1) is 0 Å². The summed E-state index contributed by atoms with van der Waals surface area (Å²) in [5.41, 5.74) is 5.94. The van der Waals surface area contributed by atoms with Gasteiger partial charge in [0.15, 0.2) is 0 Å². The van der Waals surface area contributed by atoms with E-state index in [1.54, 1.807) is 0 Å². The molecule has 1 atom stereocenters. The Morgan fingerprint density at radius 2 is 1.00 bits per heavy atom. The molecule has 0 heterocycles. The predicted octanol–water partition coefficient (Wildman–Crippen LogP) is 5.15. The molecule has 1 fully saturated rings. The highest BCUT2D eigenvalue weighted by Crippen LogP contribution is 2.47. The van der Waals surface area contributed by atoms with E-state index in [1.165, 1.54) is 38.8 Å². The number of aryl methyl sites for hydroxylation is 4. The molecule has 0 N–H and O–H groups in total. The SMILES string of the molecule is Cc1cc(C)cc(P(c2cc(C)cc(C)c2)[C@H](C)[C]2[CH][CH][CH][CH]2)c1. The number of benzene rings is 2. The lowest BCUT2D eigenvalue weighted by atomic mass is 10.1. The van der Waals surface area contributed by atoms with E-state index >= 15 is 0 Å². The minimum absolute atomic E-state index is 0.427. The van der Waals surface area contributed by atoms with Gasteiger partial charge >= 0.3 is 0 Å². The summed E-state index contributed by atoms with van der Waals surface area (Å²) in [6, 6.07) is 14.1. The zero-order chi connectivity index (χ0) is 17.3. The standard InChI is InChI=1S/C23H26P/c1-16-10-17(2)13-22(12-16)24(20(5)21-8-6-7-9-21)23-14-18(3)11-19(4)15-23/h6-15,20H,1-5H3/t20-/m1/s1. The third kappa shape index (κ3) is 3.92. The Balaban J connectivity index is 2.08. The average molecular weight is 333 g/mol. The highest BCUT2D eigenvalue weighted by molar-refractivity contribution is 7.73. The Hall–Kier alpha value is -1.13. The van der Waals surface area contributed by atoms with E-state index in [1.807, 2.05) is 0 Å². The summed E-state index contributed by atoms with van der Waals surface area (Å²) in [4.78, 5) is 0. The lowest BCUT2D eigenvalue weighted by Crippen LogP contribution is -2.25. The fourth-order valence-corrected chi connectivity index (χ4v) is 6.63. The molecule has 0 spiro atoms. The Bertz CT molecular complexity index is 618. The van der Waals surface area contributed by atoms with Crippen molar-refractivity contribution in [2.24, 2.45) is 0 Å². The summed E-state index contributed by atoms with van der Waals surface area (Å²) in [6.07, 6.45) is 8.85. The molecular formula is C23H26P. The van der Waals surface area contributed by atoms with Crippen molar-refractivity contribution in [2.75, 3.05) is 0 Å². The van der Waals surface area contributed by atoms with Gasteiger partial charge in [0.25, 0.3) is 0 Å². The van der Waals surface area contributed by atoms with Crippen LogP contribution in [0, 0.1) is 59.3 Å². The van der Waals surface area contributed by atoms with Crippen molar-refractivity contribution in [1.29, 1.82) is 0 Å². The molecule has 1 aliphatic rings. The lowest BCUT2D eigenvalue weighted by Gasteiger charge is -2.30. The molecule has 0 aromatic heterocycles. The molecule has 1 aliphatic carbocycles. The molecule has 0 aliphatic heterocycles. The topological polar surface area (TPSA) is 0 Å². The van der Waals surface area contributed by atoms with Gasteiger partial charge in [0, 0.05) is 0 Å². The molecule has 1 heteroatoms. The molecule has 0 amide bonds. The largest absolute Gasteiger partial charge is 0.0573 e. The Morgan fingerprint density at radius 1 is 0.625 bits per heavy atom. The molecule has 123 valence electrons. The fraction of sp³-hybridized carbons (Fsp3) is 0.261. The van der Waals surface area contributed by atoms with E-state index in [4.69, 9.17) is 0 Å². The molecule has 0 nitrogen and oxygen atoms in total. The van der Waals surface area contributed by atoms with Gasteiger partial charge in [-0.1, -0.05) is 65.6 Å². The first-order valence-corrected chi connectivity index (χ1v) is 10.0. The molecule has 2 aromatic carbocycles. The van der Waals surface area contributed by atoms with E-state index in [-0.39, 0.29) is 0 Å². The lowest BCUT2D eigenvalue weighted by molar-refractivity contribution is 1.02. The quantitative estimate of drug-likeness (QED) is 0.679. The summed E-state index contributed by atoms with van der Waals surface area (Å²) < 4.78 is 0. The van der Waals surface area contributed by atoms with Gasteiger partial charge < -0.3 is 0 Å². The maximum absolute atomic E-state index is 2.39. The molecule has 2 aromatic rings. The van der Waals surface area contributed by atoms with Crippen LogP contribution in [0.2, 0.25) is 0 Å². The van der Waals surface area contributed by atoms with Crippen LogP contribution in [0.5, 0.6) is 0 Å². The van der Waals surface area contributed by atoms with Gasteiger partial charge in [-0.2, -0.15) is 0 Å². The molecule has 1 saturated carbocycles. The normalized spacial score (nSPS) is 16.8. The second kappa shape index (κ2) is 7.40. The van der Waals surface area contributed by atoms with Gasteiger partial charge in [-0.15, -0.1) is 0 Å². The van der Waals surface area contributed by atoms with Gasteiger partial charge in [0.2, 0.25) is 0 Å². The summed E-state index contributed by atoms with van der Waals surface area (Å²) in [7, 11) is -0.427. The van der Waals surface area contributed by atoms with Crippen molar-refractivity contribution < 1.29 is 0 Å². The van der Waals surface area contributed by atoms with Crippen LogP contribution in [-0.4, -0.2) is 5.66 Å². The van der Waals surface area contributed by atoms with Gasteiger partial charge in [-0.3, -0.25) is 0 Å². The van der Waals surface area contributed by atoms with E-state index in [0.29, 0.717) is 5.66 Å². The van der Waals surface area contributed by atoms with Crippen LogP contribution in [0.3, 0.4) is 0 Å². The highest BCUT2D eigenvalue weighted by Gasteiger charge is 2.31. The third-order valence-electron chi connectivity index (χ3n) is 4.53. The summed E-state index contributed by atoms with van der Waals surface area (Å²) in [5.74, 6) is 1.44. The van der Waals surface area contributed by atoms with Gasteiger partial charge in [-0.25, -0.2) is 0 Å². The second-order valence-corrected chi connectivity index (χ2v) is 9.50. The second-order valence-electron chi connectivity index (χ2n) is 6.96. The zero-order valence-corrected chi connectivity index (χ0v) is 16.2. The van der Waals surface area contributed by atoms with Crippen LogP contribution in [0.1, 0.15) is 29.2 Å². The smallest absolute Gasteiger partial charge is 0.00891 e. The molecule has 0 bridgehead atoms. The van der Waals surface area contributed by atoms with Crippen LogP contribution in [0.25, 0.3) is 0 Å². The fourth-order valence-electron chi connectivity index (χ4n) is 3.59. The third-order valence-corrected chi connectivity index (χ3v) is 7.23. The first kappa shape index (κ1) is 17.7. The Labute approximate surface area is 149 Å².